The maximum Gasteiger partial charge on any atom is 0.251 e. The van der Waals surface area contributed by atoms with Crippen LogP contribution >= 0.6 is 0 Å². The molecule has 0 fully saturated rings. The van der Waals surface area contributed by atoms with Gasteiger partial charge in [0.05, 0.1) is 0 Å². The lowest BCUT2D eigenvalue weighted by Crippen LogP contribution is -2.25. The lowest BCUT2D eigenvalue weighted by Gasteiger charge is -2.03. The zero-order chi connectivity index (χ0) is 13.0. The lowest BCUT2D eigenvalue weighted by molar-refractivity contribution is 0.0953. The first-order valence-electron chi connectivity index (χ1n) is 5.48. The van der Waals surface area contributed by atoms with E-state index >= 15 is 0 Å². The molecular weight excluding hydrogens is 237 g/mol. The summed E-state index contributed by atoms with van der Waals surface area (Å²) < 4.78 is 17.8. The standard InChI is InChI=1S/C12H12FN3O2/c1-8-15-16-11(18-8)6-7-14-12(17)9-2-4-10(13)5-3-9/h2-5H,6-7H2,1H3,(H,14,17). The smallest absolute Gasteiger partial charge is 0.251 e. The number of aromatic nitrogens is 2. The number of hydrogen-bond donors (Lipinski definition) is 1. The SMILES string of the molecule is Cc1nnc(CCNC(=O)c2ccc(F)cc2)o1. The van der Waals surface area contributed by atoms with Gasteiger partial charge in [-0.2, -0.15) is 0 Å². The summed E-state index contributed by atoms with van der Waals surface area (Å²) in [4.78, 5) is 11.7. The highest BCUT2D eigenvalue weighted by Gasteiger charge is 2.06. The van der Waals surface area contributed by atoms with Crippen LogP contribution in [-0.2, 0) is 6.42 Å². The molecule has 1 aromatic heterocycles. The molecule has 2 aromatic rings. The van der Waals surface area contributed by atoms with Crippen molar-refractivity contribution in [2.24, 2.45) is 0 Å². The quantitative estimate of drug-likeness (QED) is 0.891. The van der Waals surface area contributed by atoms with E-state index in [2.05, 4.69) is 15.5 Å². The van der Waals surface area contributed by atoms with Crippen LogP contribution < -0.4 is 5.32 Å². The summed E-state index contributed by atoms with van der Waals surface area (Å²) in [6.07, 6.45) is 0.466. The van der Waals surface area contributed by atoms with E-state index in [-0.39, 0.29) is 11.7 Å². The number of aryl methyl sites for hydroxylation is 1. The number of nitrogens with one attached hydrogen (secondary N) is 1. The number of amides is 1. The third kappa shape index (κ3) is 3.13. The fraction of sp³-hybridized carbons (Fsp3) is 0.250. The highest BCUT2D eigenvalue weighted by atomic mass is 19.1. The predicted octanol–water partition coefficient (Wildman–Crippen LogP) is 1.49. The summed E-state index contributed by atoms with van der Waals surface area (Å²) in [6.45, 7) is 2.09. The highest BCUT2D eigenvalue weighted by molar-refractivity contribution is 5.94. The molecule has 94 valence electrons. The molecule has 18 heavy (non-hydrogen) atoms. The molecule has 0 radical (unpaired) electrons. The van der Waals surface area contributed by atoms with Gasteiger partial charge in [-0.1, -0.05) is 0 Å². The molecule has 5 nitrogen and oxygen atoms in total. The first kappa shape index (κ1) is 12.2. The van der Waals surface area contributed by atoms with Gasteiger partial charge < -0.3 is 9.73 Å². The van der Waals surface area contributed by atoms with Gasteiger partial charge in [0.2, 0.25) is 11.8 Å². The Balaban J connectivity index is 1.83. The third-order valence-electron chi connectivity index (χ3n) is 2.30. The van der Waals surface area contributed by atoms with Crippen molar-refractivity contribution >= 4 is 5.91 Å². The normalized spacial score (nSPS) is 10.3. The Morgan fingerprint density at radius 2 is 2.06 bits per heavy atom. The Morgan fingerprint density at radius 1 is 1.33 bits per heavy atom. The molecule has 2 rings (SSSR count). The Bertz CT molecular complexity index is 537. The largest absolute Gasteiger partial charge is 0.426 e. The number of halogens is 1. The van der Waals surface area contributed by atoms with Crippen molar-refractivity contribution in [2.75, 3.05) is 6.54 Å². The van der Waals surface area contributed by atoms with Crippen LogP contribution in [0.25, 0.3) is 0 Å². The second-order valence-corrected chi connectivity index (χ2v) is 3.73. The number of rotatable bonds is 4. The molecule has 0 aliphatic heterocycles. The molecule has 0 atom stereocenters. The van der Waals surface area contributed by atoms with Crippen LogP contribution in [0.3, 0.4) is 0 Å². The molecule has 0 spiro atoms. The van der Waals surface area contributed by atoms with E-state index in [0.717, 1.165) is 0 Å². The summed E-state index contributed by atoms with van der Waals surface area (Å²) in [5.41, 5.74) is 0.415. The first-order valence-corrected chi connectivity index (χ1v) is 5.48. The van der Waals surface area contributed by atoms with Crippen LogP contribution in [0, 0.1) is 12.7 Å². The average molecular weight is 249 g/mol. The van der Waals surface area contributed by atoms with E-state index in [1.807, 2.05) is 0 Å². The van der Waals surface area contributed by atoms with Gasteiger partial charge >= 0.3 is 0 Å². The van der Waals surface area contributed by atoms with Crippen LogP contribution in [0.1, 0.15) is 22.1 Å². The molecule has 0 aliphatic rings. The summed E-state index contributed by atoms with van der Waals surface area (Å²) in [5.74, 6) is 0.348. The van der Waals surface area contributed by atoms with Crippen molar-refractivity contribution in [1.29, 1.82) is 0 Å². The molecular formula is C12H12FN3O2. The van der Waals surface area contributed by atoms with Crippen molar-refractivity contribution in [1.82, 2.24) is 15.5 Å². The number of carbonyl (C=O) groups excluding carboxylic acids is 1. The van der Waals surface area contributed by atoms with E-state index in [1.165, 1.54) is 24.3 Å². The maximum absolute atomic E-state index is 12.7. The molecule has 0 saturated heterocycles. The molecule has 6 heteroatoms. The van der Waals surface area contributed by atoms with E-state index < -0.39 is 0 Å². The molecule has 1 heterocycles. The van der Waals surface area contributed by atoms with E-state index in [4.69, 9.17) is 4.42 Å². The van der Waals surface area contributed by atoms with Gasteiger partial charge in [0.15, 0.2) is 0 Å². The summed E-state index contributed by atoms with van der Waals surface area (Å²) in [7, 11) is 0. The van der Waals surface area contributed by atoms with Gasteiger partial charge in [-0.25, -0.2) is 4.39 Å². The van der Waals surface area contributed by atoms with Crippen LogP contribution in [-0.4, -0.2) is 22.6 Å². The maximum atomic E-state index is 12.7. The fourth-order valence-electron chi connectivity index (χ4n) is 1.42. The van der Waals surface area contributed by atoms with E-state index in [9.17, 15) is 9.18 Å². The van der Waals surface area contributed by atoms with Crippen molar-refractivity contribution < 1.29 is 13.6 Å². The Hall–Kier alpha value is -2.24. The summed E-state index contributed by atoms with van der Waals surface area (Å²) in [6, 6.07) is 5.36. The lowest BCUT2D eigenvalue weighted by atomic mass is 10.2. The van der Waals surface area contributed by atoms with Crippen molar-refractivity contribution in [2.45, 2.75) is 13.3 Å². The van der Waals surface area contributed by atoms with E-state index in [1.54, 1.807) is 6.92 Å². The third-order valence-corrected chi connectivity index (χ3v) is 2.30. The Morgan fingerprint density at radius 3 is 2.67 bits per heavy atom. The monoisotopic (exact) mass is 249 g/mol. The minimum Gasteiger partial charge on any atom is -0.426 e. The minimum absolute atomic E-state index is 0.258. The molecule has 0 saturated carbocycles. The van der Waals surface area contributed by atoms with Gasteiger partial charge in [0, 0.05) is 25.5 Å². The van der Waals surface area contributed by atoms with Gasteiger partial charge in [0.25, 0.3) is 5.91 Å². The van der Waals surface area contributed by atoms with Crippen molar-refractivity contribution in [3.05, 3.63) is 47.4 Å². The predicted molar refractivity (Wildman–Crippen MR) is 61.5 cm³/mol. The topological polar surface area (TPSA) is 68.0 Å². The summed E-state index contributed by atoms with van der Waals surface area (Å²) >= 11 is 0. The molecule has 1 amide bonds. The van der Waals surface area contributed by atoms with Crippen LogP contribution in [0.2, 0.25) is 0 Å². The molecule has 0 bridgehead atoms. The van der Waals surface area contributed by atoms with Gasteiger partial charge in [-0.15, -0.1) is 10.2 Å². The second kappa shape index (κ2) is 5.39. The Kier molecular flexibility index (Phi) is 3.66. The van der Waals surface area contributed by atoms with Crippen molar-refractivity contribution in [3.63, 3.8) is 0 Å². The minimum atomic E-state index is -0.368. The molecule has 0 aliphatic carbocycles. The Labute approximate surface area is 103 Å². The average Bonchev–Trinajstić information content (AvgIpc) is 2.76. The fourth-order valence-corrected chi connectivity index (χ4v) is 1.42. The highest BCUT2D eigenvalue weighted by Crippen LogP contribution is 2.03. The van der Waals surface area contributed by atoms with Crippen LogP contribution in [0.15, 0.2) is 28.7 Å². The number of benzene rings is 1. The van der Waals surface area contributed by atoms with Gasteiger partial charge in [-0.05, 0) is 24.3 Å². The molecule has 1 N–H and O–H groups in total. The number of carbonyl (C=O) groups is 1. The van der Waals surface area contributed by atoms with Crippen molar-refractivity contribution in [3.8, 4) is 0 Å². The van der Waals surface area contributed by atoms with Gasteiger partial charge in [-0.3, -0.25) is 4.79 Å². The molecule has 1 aromatic carbocycles. The zero-order valence-corrected chi connectivity index (χ0v) is 9.81. The number of hydrogen-bond acceptors (Lipinski definition) is 4. The van der Waals surface area contributed by atoms with Crippen LogP contribution in [0.5, 0.6) is 0 Å². The zero-order valence-electron chi connectivity index (χ0n) is 9.81. The molecule has 0 unspecified atom stereocenters. The first-order chi connectivity index (χ1) is 8.65. The number of nitrogens with zero attached hydrogens (tertiary/aromatic N) is 2. The van der Waals surface area contributed by atoms with E-state index in [0.29, 0.717) is 30.3 Å². The second-order valence-electron chi connectivity index (χ2n) is 3.73. The summed E-state index contributed by atoms with van der Waals surface area (Å²) in [5, 5.41) is 10.2. The van der Waals surface area contributed by atoms with Crippen LogP contribution in [0.4, 0.5) is 4.39 Å². The van der Waals surface area contributed by atoms with Gasteiger partial charge in [0.1, 0.15) is 5.82 Å².